The SMILES string of the molecule is CCCCNC(=S)NCc1ccc(OC)nc1. The van der Waals surface area contributed by atoms with E-state index in [4.69, 9.17) is 17.0 Å². The Balaban J connectivity index is 2.27. The summed E-state index contributed by atoms with van der Waals surface area (Å²) in [6, 6.07) is 3.80. The van der Waals surface area contributed by atoms with Crippen LogP contribution in [0.25, 0.3) is 0 Å². The first-order valence-electron chi connectivity index (χ1n) is 5.77. The summed E-state index contributed by atoms with van der Waals surface area (Å²) >= 11 is 5.15. The number of methoxy groups -OCH3 is 1. The maximum atomic E-state index is 5.15. The highest BCUT2D eigenvalue weighted by molar-refractivity contribution is 7.80. The first-order valence-corrected chi connectivity index (χ1v) is 6.17. The molecule has 1 aromatic heterocycles. The van der Waals surface area contributed by atoms with Crippen molar-refractivity contribution in [3.8, 4) is 5.88 Å². The Hall–Kier alpha value is -1.36. The number of nitrogens with zero attached hydrogens (tertiary/aromatic N) is 1. The zero-order valence-corrected chi connectivity index (χ0v) is 11.1. The molecule has 0 amide bonds. The van der Waals surface area contributed by atoms with Crippen LogP contribution in [0.1, 0.15) is 25.3 Å². The van der Waals surface area contributed by atoms with Gasteiger partial charge in [0.25, 0.3) is 0 Å². The Morgan fingerprint density at radius 3 is 2.82 bits per heavy atom. The molecule has 0 unspecified atom stereocenters. The van der Waals surface area contributed by atoms with Crippen molar-refractivity contribution >= 4 is 17.3 Å². The number of hydrogen-bond acceptors (Lipinski definition) is 3. The minimum absolute atomic E-state index is 0.623. The summed E-state index contributed by atoms with van der Waals surface area (Å²) in [7, 11) is 1.60. The second-order valence-corrected chi connectivity index (χ2v) is 4.08. The van der Waals surface area contributed by atoms with E-state index >= 15 is 0 Å². The molecule has 2 N–H and O–H groups in total. The van der Waals surface area contributed by atoms with E-state index in [1.165, 1.54) is 0 Å². The minimum atomic E-state index is 0.623. The lowest BCUT2D eigenvalue weighted by atomic mass is 10.3. The largest absolute Gasteiger partial charge is 0.481 e. The Kier molecular flexibility index (Phi) is 6.32. The van der Waals surface area contributed by atoms with Crippen molar-refractivity contribution in [3.63, 3.8) is 0 Å². The zero-order valence-electron chi connectivity index (χ0n) is 10.3. The summed E-state index contributed by atoms with van der Waals surface area (Å²) in [4.78, 5) is 4.12. The summed E-state index contributed by atoms with van der Waals surface area (Å²) in [5, 5.41) is 6.98. The molecule has 0 atom stereocenters. The minimum Gasteiger partial charge on any atom is -0.481 e. The molecular formula is C12H19N3OS. The lowest BCUT2D eigenvalue weighted by Gasteiger charge is -2.10. The highest BCUT2D eigenvalue weighted by Crippen LogP contribution is 2.05. The highest BCUT2D eigenvalue weighted by atomic mass is 32.1. The third-order valence-electron chi connectivity index (χ3n) is 2.28. The average molecular weight is 253 g/mol. The number of aromatic nitrogens is 1. The van der Waals surface area contributed by atoms with E-state index in [-0.39, 0.29) is 0 Å². The molecule has 0 saturated carbocycles. The van der Waals surface area contributed by atoms with Crippen LogP contribution in [0, 0.1) is 0 Å². The van der Waals surface area contributed by atoms with Gasteiger partial charge in [-0.05, 0) is 24.2 Å². The summed E-state index contributed by atoms with van der Waals surface area (Å²) in [5.41, 5.74) is 1.07. The molecule has 5 heteroatoms. The van der Waals surface area contributed by atoms with E-state index in [2.05, 4.69) is 22.5 Å². The average Bonchev–Trinajstić information content (AvgIpc) is 2.37. The van der Waals surface area contributed by atoms with Crippen LogP contribution >= 0.6 is 12.2 Å². The van der Waals surface area contributed by atoms with E-state index in [0.717, 1.165) is 24.9 Å². The molecule has 0 saturated heterocycles. The molecule has 0 spiro atoms. The maximum Gasteiger partial charge on any atom is 0.212 e. The van der Waals surface area contributed by atoms with Crippen LogP contribution in [0.2, 0.25) is 0 Å². The molecule has 1 aromatic rings. The van der Waals surface area contributed by atoms with Crippen molar-refractivity contribution in [3.05, 3.63) is 23.9 Å². The summed E-state index contributed by atoms with van der Waals surface area (Å²) < 4.78 is 4.99. The lowest BCUT2D eigenvalue weighted by Crippen LogP contribution is -2.35. The van der Waals surface area contributed by atoms with Gasteiger partial charge in [-0.25, -0.2) is 4.98 Å². The number of pyridine rings is 1. The Morgan fingerprint density at radius 2 is 2.24 bits per heavy atom. The fourth-order valence-electron chi connectivity index (χ4n) is 1.26. The molecule has 4 nitrogen and oxygen atoms in total. The molecular weight excluding hydrogens is 234 g/mol. The van der Waals surface area contributed by atoms with Gasteiger partial charge in [-0.1, -0.05) is 19.4 Å². The van der Waals surface area contributed by atoms with E-state index in [1.807, 2.05) is 12.1 Å². The normalized spacial score (nSPS) is 9.76. The molecule has 94 valence electrons. The zero-order chi connectivity index (χ0) is 12.5. The summed E-state index contributed by atoms with van der Waals surface area (Å²) in [6.45, 7) is 3.75. The fraction of sp³-hybridized carbons (Fsp3) is 0.500. The van der Waals surface area contributed by atoms with Crippen molar-refractivity contribution in [2.24, 2.45) is 0 Å². The standard InChI is InChI=1S/C12H19N3OS/c1-3-4-7-13-12(17)15-9-10-5-6-11(16-2)14-8-10/h5-6,8H,3-4,7,9H2,1-2H3,(H2,13,15,17). The molecule has 1 rings (SSSR count). The highest BCUT2D eigenvalue weighted by Gasteiger charge is 1.97. The third-order valence-corrected chi connectivity index (χ3v) is 2.56. The van der Waals surface area contributed by atoms with Gasteiger partial charge in [0, 0.05) is 25.4 Å². The van der Waals surface area contributed by atoms with Crippen molar-refractivity contribution in [2.45, 2.75) is 26.3 Å². The number of ether oxygens (including phenoxy) is 1. The van der Waals surface area contributed by atoms with Crippen molar-refractivity contribution in [1.82, 2.24) is 15.6 Å². The lowest BCUT2D eigenvalue weighted by molar-refractivity contribution is 0.397. The summed E-state index contributed by atoms with van der Waals surface area (Å²) in [5.74, 6) is 0.623. The van der Waals surface area contributed by atoms with Crippen molar-refractivity contribution in [2.75, 3.05) is 13.7 Å². The quantitative estimate of drug-likeness (QED) is 0.598. The van der Waals surface area contributed by atoms with Gasteiger partial charge in [0.1, 0.15) is 0 Å². The third kappa shape index (κ3) is 5.49. The molecule has 0 aliphatic carbocycles. The second kappa shape index (κ2) is 7.84. The van der Waals surface area contributed by atoms with Crippen molar-refractivity contribution < 1.29 is 4.74 Å². The Labute approximate surface area is 108 Å². The molecule has 0 aliphatic rings. The molecule has 0 bridgehead atoms. The first-order chi connectivity index (χ1) is 8.26. The Morgan fingerprint density at radius 1 is 1.41 bits per heavy atom. The molecule has 1 heterocycles. The van der Waals surface area contributed by atoms with Crippen LogP contribution in [-0.4, -0.2) is 23.8 Å². The van der Waals surface area contributed by atoms with E-state index in [0.29, 0.717) is 17.5 Å². The fourth-order valence-corrected chi connectivity index (χ4v) is 1.43. The number of rotatable bonds is 6. The number of hydrogen-bond donors (Lipinski definition) is 2. The monoisotopic (exact) mass is 253 g/mol. The van der Waals surface area contributed by atoms with Gasteiger partial charge in [0.15, 0.2) is 5.11 Å². The first kappa shape index (κ1) is 13.7. The predicted octanol–water partition coefficient (Wildman–Crippen LogP) is 1.85. The van der Waals surface area contributed by atoms with Crippen LogP contribution in [0.5, 0.6) is 5.88 Å². The molecule has 17 heavy (non-hydrogen) atoms. The predicted molar refractivity (Wildman–Crippen MR) is 73.1 cm³/mol. The summed E-state index contributed by atoms with van der Waals surface area (Å²) in [6.07, 6.45) is 4.07. The smallest absolute Gasteiger partial charge is 0.212 e. The van der Waals surface area contributed by atoms with Gasteiger partial charge in [0.05, 0.1) is 7.11 Å². The van der Waals surface area contributed by atoms with Crippen LogP contribution in [0.15, 0.2) is 18.3 Å². The van der Waals surface area contributed by atoms with Gasteiger partial charge in [-0.2, -0.15) is 0 Å². The van der Waals surface area contributed by atoms with E-state index < -0.39 is 0 Å². The van der Waals surface area contributed by atoms with Crippen LogP contribution in [-0.2, 0) is 6.54 Å². The van der Waals surface area contributed by atoms with Gasteiger partial charge >= 0.3 is 0 Å². The number of unbranched alkanes of at least 4 members (excludes halogenated alkanes) is 1. The van der Waals surface area contributed by atoms with Crippen molar-refractivity contribution in [1.29, 1.82) is 0 Å². The topological polar surface area (TPSA) is 46.2 Å². The second-order valence-electron chi connectivity index (χ2n) is 3.67. The molecule has 0 aromatic carbocycles. The van der Waals surface area contributed by atoms with Gasteiger partial charge in [-0.15, -0.1) is 0 Å². The van der Waals surface area contributed by atoms with Crippen LogP contribution in [0.4, 0.5) is 0 Å². The molecule has 0 radical (unpaired) electrons. The van der Waals surface area contributed by atoms with Gasteiger partial charge in [0.2, 0.25) is 5.88 Å². The number of nitrogens with one attached hydrogen (secondary N) is 2. The maximum absolute atomic E-state index is 5.15. The van der Waals surface area contributed by atoms with Crippen LogP contribution < -0.4 is 15.4 Å². The molecule has 0 fully saturated rings. The van der Waals surface area contributed by atoms with E-state index in [1.54, 1.807) is 13.3 Å². The van der Waals surface area contributed by atoms with Gasteiger partial charge < -0.3 is 15.4 Å². The molecule has 0 aliphatic heterocycles. The van der Waals surface area contributed by atoms with Gasteiger partial charge in [-0.3, -0.25) is 0 Å². The van der Waals surface area contributed by atoms with E-state index in [9.17, 15) is 0 Å². The van der Waals surface area contributed by atoms with Crippen LogP contribution in [0.3, 0.4) is 0 Å². The number of thiocarbonyl (C=S) groups is 1. The Bertz CT molecular complexity index is 340.